The molecule has 0 unspecified atom stereocenters. The van der Waals surface area contributed by atoms with Gasteiger partial charge in [0.25, 0.3) is 5.56 Å². The van der Waals surface area contributed by atoms with Gasteiger partial charge in [0, 0.05) is 35.4 Å². The average molecular weight is 629 g/mol. The van der Waals surface area contributed by atoms with E-state index < -0.39 is 18.3 Å². The lowest BCUT2D eigenvalue weighted by atomic mass is 9.90. The molecular formula is C29H25Cl2F3N8O. The fourth-order valence-corrected chi connectivity index (χ4v) is 6.07. The average Bonchev–Trinajstić information content (AvgIpc) is 3.41. The Morgan fingerprint density at radius 2 is 1.74 bits per heavy atom. The molecule has 1 aliphatic rings. The maximum atomic E-state index is 13.7. The zero-order valence-electron chi connectivity index (χ0n) is 22.8. The highest BCUT2D eigenvalue weighted by atomic mass is 35.5. The first-order valence-electron chi connectivity index (χ1n) is 13.5. The molecule has 14 heteroatoms. The second-order valence-electron chi connectivity index (χ2n) is 10.4. The van der Waals surface area contributed by atoms with E-state index >= 15 is 0 Å². The summed E-state index contributed by atoms with van der Waals surface area (Å²) in [6.45, 7) is 0.388. The number of halogens is 5. The Balaban J connectivity index is 1.39. The molecule has 4 heterocycles. The van der Waals surface area contributed by atoms with Crippen LogP contribution >= 0.6 is 23.2 Å². The van der Waals surface area contributed by atoms with Gasteiger partial charge in [-0.1, -0.05) is 40.5 Å². The molecule has 0 atom stereocenters. The summed E-state index contributed by atoms with van der Waals surface area (Å²) in [5, 5.41) is 14.5. The van der Waals surface area contributed by atoms with Crippen molar-refractivity contribution < 1.29 is 13.2 Å². The number of nitrogens with one attached hydrogen (secondary N) is 2. The molecule has 0 saturated carbocycles. The van der Waals surface area contributed by atoms with E-state index in [0.717, 1.165) is 25.9 Å². The van der Waals surface area contributed by atoms with Gasteiger partial charge in [0.05, 0.1) is 27.5 Å². The van der Waals surface area contributed by atoms with Crippen molar-refractivity contribution in [3.05, 3.63) is 80.8 Å². The highest BCUT2D eigenvalue weighted by molar-refractivity contribution is 6.39. The first-order chi connectivity index (χ1) is 20.6. The van der Waals surface area contributed by atoms with Crippen LogP contribution in [0, 0.1) is 0 Å². The molecule has 0 bridgehead atoms. The van der Waals surface area contributed by atoms with Crippen molar-refractivity contribution in [2.45, 2.75) is 31.5 Å². The van der Waals surface area contributed by atoms with Gasteiger partial charge in [-0.25, -0.2) is 9.67 Å². The summed E-state index contributed by atoms with van der Waals surface area (Å²) >= 11 is 13.1. The monoisotopic (exact) mass is 628 g/mol. The Kier molecular flexibility index (Phi) is 7.84. The SMILES string of the molecule is Cn1nncc1-c1cc(Cl)c(-c2cc3cnc(Nc4ccc(C5CCNCC5)cc4)nc3n(CC(F)(F)F)c2=O)c(Cl)c1. The summed E-state index contributed by atoms with van der Waals surface area (Å²) < 4.78 is 43.3. The number of rotatable bonds is 6. The molecule has 1 saturated heterocycles. The van der Waals surface area contributed by atoms with Crippen molar-refractivity contribution in [3.63, 3.8) is 0 Å². The van der Waals surface area contributed by atoms with Gasteiger partial charge in [0.1, 0.15) is 12.2 Å². The quantitative estimate of drug-likeness (QED) is 0.226. The van der Waals surface area contributed by atoms with E-state index in [4.69, 9.17) is 23.2 Å². The number of anilines is 2. The Hall–Kier alpha value is -4.00. The lowest BCUT2D eigenvalue weighted by molar-refractivity contribution is -0.140. The van der Waals surface area contributed by atoms with Crippen molar-refractivity contribution >= 4 is 45.9 Å². The molecule has 222 valence electrons. The van der Waals surface area contributed by atoms with Gasteiger partial charge in [0.2, 0.25) is 5.95 Å². The normalized spacial score (nSPS) is 14.4. The largest absolute Gasteiger partial charge is 0.406 e. The number of aryl methyl sites for hydroxylation is 1. The predicted octanol–water partition coefficient (Wildman–Crippen LogP) is 6.33. The van der Waals surface area contributed by atoms with Crippen LogP contribution in [-0.4, -0.2) is 48.8 Å². The Morgan fingerprint density at radius 3 is 2.37 bits per heavy atom. The third-order valence-electron chi connectivity index (χ3n) is 7.46. The number of aromatic nitrogens is 6. The highest BCUT2D eigenvalue weighted by Crippen LogP contribution is 2.38. The van der Waals surface area contributed by atoms with Crippen LogP contribution in [0.2, 0.25) is 10.0 Å². The standard InChI is InChI=1S/C29H25Cl2F3N8O/c1-41-24(14-37-40-41)18-11-22(30)25(23(31)12-18)21-10-19-13-36-28(39-26(19)42(27(21)43)15-29(32,33)34)38-20-4-2-16(3-5-20)17-6-8-35-9-7-17/h2-5,10-14,17,35H,6-9,15H2,1H3,(H,36,38,39). The van der Waals surface area contributed by atoms with Crippen molar-refractivity contribution in [3.8, 4) is 22.4 Å². The van der Waals surface area contributed by atoms with Crippen LogP contribution in [0.15, 0.2) is 59.7 Å². The summed E-state index contributed by atoms with van der Waals surface area (Å²) in [7, 11) is 1.69. The minimum atomic E-state index is -4.71. The molecule has 0 spiro atoms. The van der Waals surface area contributed by atoms with Crippen molar-refractivity contribution in [1.82, 2.24) is 34.8 Å². The van der Waals surface area contributed by atoms with E-state index in [9.17, 15) is 18.0 Å². The zero-order chi connectivity index (χ0) is 30.3. The fraction of sp³-hybridized carbons (Fsp3) is 0.276. The Bertz CT molecular complexity index is 1840. The minimum absolute atomic E-state index is 0.0513. The minimum Gasteiger partial charge on any atom is -0.324 e. The summed E-state index contributed by atoms with van der Waals surface area (Å²) in [6.07, 6.45) is 0.285. The van der Waals surface area contributed by atoms with Crippen LogP contribution < -0.4 is 16.2 Å². The maximum Gasteiger partial charge on any atom is 0.406 e. The maximum absolute atomic E-state index is 13.7. The Morgan fingerprint density at radius 1 is 1.05 bits per heavy atom. The number of alkyl halides is 3. The van der Waals surface area contributed by atoms with E-state index in [1.807, 2.05) is 24.3 Å². The molecule has 2 N–H and O–H groups in total. The van der Waals surface area contributed by atoms with Gasteiger partial charge in [-0.3, -0.25) is 9.36 Å². The second-order valence-corrected chi connectivity index (χ2v) is 11.2. The van der Waals surface area contributed by atoms with Crippen LogP contribution in [0.4, 0.5) is 24.8 Å². The second kappa shape index (κ2) is 11.6. The first-order valence-corrected chi connectivity index (χ1v) is 14.2. The molecular weight excluding hydrogens is 604 g/mol. The van der Waals surface area contributed by atoms with Crippen molar-refractivity contribution in [2.24, 2.45) is 7.05 Å². The third kappa shape index (κ3) is 6.08. The van der Waals surface area contributed by atoms with E-state index in [2.05, 4.69) is 30.9 Å². The molecule has 2 aromatic carbocycles. The smallest absolute Gasteiger partial charge is 0.324 e. The van der Waals surface area contributed by atoms with Crippen LogP contribution in [-0.2, 0) is 13.6 Å². The highest BCUT2D eigenvalue weighted by Gasteiger charge is 2.31. The van der Waals surface area contributed by atoms with Crippen LogP contribution in [0.5, 0.6) is 0 Å². The van der Waals surface area contributed by atoms with Gasteiger partial charge in [-0.15, -0.1) is 5.10 Å². The topological polar surface area (TPSA) is 103 Å². The number of nitrogens with zero attached hydrogens (tertiary/aromatic N) is 6. The van der Waals surface area contributed by atoms with Crippen molar-refractivity contribution in [2.75, 3.05) is 18.4 Å². The molecule has 43 heavy (non-hydrogen) atoms. The molecule has 5 aromatic rings. The van der Waals surface area contributed by atoms with Crippen molar-refractivity contribution in [1.29, 1.82) is 0 Å². The van der Waals surface area contributed by atoms with E-state index in [-0.39, 0.29) is 38.2 Å². The van der Waals surface area contributed by atoms with Gasteiger partial charge >= 0.3 is 6.18 Å². The van der Waals surface area contributed by atoms with Crippen LogP contribution in [0.25, 0.3) is 33.4 Å². The fourth-order valence-electron chi connectivity index (χ4n) is 5.38. The van der Waals surface area contributed by atoms with Gasteiger partial charge in [0.15, 0.2) is 0 Å². The van der Waals surface area contributed by atoms with Gasteiger partial charge in [-0.05, 0) is 67.7 Å². The summed E-state index contributed by atoms with van der Waals surface area (Å²) in [5.74, 6) is 0.527. The molecule has 0 aliphatic carbocycles. The van der Waals surface area contributed by atoms with E-state index in [0.29, 0.717) is 27.4 Å². The number of hydrogen-bond acceptors (Lipinski definition) is 7. The summed E-state index contributed by atoms with van der Waals surface area (Å²) in [4.78, 5) is 22.3. The number of piperidine rings is 1. The molecule has 6 rings (SSSR count). The van der Waals surface area contributed by atoms with Crippen LogP contribution in [0.1, 0.15) is 24.3 Å². The number of pyridine rings is 1. The molecule has 0 radical (unpaired) electrons. The lowest BCUT2D eigenvalue weighted by Crippen LogP contribution is -2.30. The molecule has 9 nitrogen and oxygen atoms in total. The lowest BCUT2D eigenvalue weighted by Gasteiger charge is -2.23. The van der Waals surface area contributed by atoms with E-state index in [1.165, 1.54) is 28.7 Å². The predicted molar refractivity (Wildman–Crippen MR) is 160 cm³/mol. The molecule has 3 aromatic heterocycles. The van der Waals surface area contributed by atoms with Gasteiger partial charge < -0.3 is 10.6 Å². The zero-order valence-corrected chi connectivity index (χ0v) is 24.3. The molecule has 1 fully saturated rings. The Labute approximate surface area is 253 Å². The third-order valence-corrected chi connectivity index (χ3v) is 8.06. The number of fused-ring (bicyclic) bond motifs is 1. The molecule has 0 amide bonds. The van der Waals surface area contributed by atoms with Crippen LogP contribution in [0.3, 0.4) is 0 Å². The summed E-state index contributed by atoms with van der Waals surface area (Å²) in [6, 6.07) is 12.3. The first kappa shape index (κ1) is 29.1. The van der Waals surface area contributed by atoms with E-state index in [1.54, 1.807) is 19.2 Å². The number of hydrogen-bond donors (Lipinski definition) is 2. The number of benzene rings is 2. The van der Waals surface area contributed by atoms with Gasteiger partial charge in [-0.2, -0.15) is 18.2 Å². The molecule has 1 aliphatic heterocycles. The summed E-state index contributed by atoms with van der Waals surface area (Å²) in [5.41, 5.74) is 1.93.